The molecule has 0 aliphatic carbocycles. The Morgan fingerprint density at radius 3 is 2.25 bits per heavy atom. The Balaban J connectivity index is 2.21. The summed E-state index contributed by atoms with van der Waals surface area (Å²) < 4.78 is 13.7. The van der Waals surface area contributed by atoms with Gasteiger partial charge in [-0.1, -0.05) is 15.9 Å². The Morgan fingerprint density at radius 1 is 1.00 bits per heavy atom. The molecule has 2 aromatic carbocycles. The summed E-state index contributed by atoms with van der Waals surface area (Å²) in [6.07, 6.45) is 0. The smallest absolute Gasteiger partial charge is 0.148 e. The lowest BCUT2D eigenvalue weighted by Gasteiger charge is -2.13. The molecule has 3 nitrogen and oxygen atoms in total. The topological polar surface area (TPSA) is 44.5 Å². The molecule has 0 bridgehead atoms. The van der Waals surface area contributed by atoms with Crippen LogP contribution in [0.3, 0.4) is 0 Å². The van der Waals surface area contributed by atoms with Gasteiger partial charge in [0.1, 0.15) is 18.1 Å². The minimum Gasteiger partial charge on any atom is -0.497 e. The largest absolute Gasteiger partial charge is 0.497 e. The lowest BCUT2D eigenvalue weighted by Crippen LogP contribution is -1.99. The van der Waals surface area contributed by atoms with E-state index in [1.54, 1.807) is 19.2 Å². The van der Waals surface area contributed by atoms with Crippen molar-refractivity contribution in [3.63, 3.8) is 0 Å². The van der Waals surface area contributed by atoms with E-state index in [1.807, 2.05) is 18.2 Å². The fourth-order valence-electron chi connectivity index (χ4n) is 1.66. The average molecular weight is 466 g/mol. The Morgan fingerprint density at radius 2 is 1.65 bits per heavy atom. The zero-order valence-electron chi connectivity index (χ0n) is 10.6. The van der Waals surface area contributed by atoms with Crippen molar-refractivity contribution in [1.29, 1.82) is 0 Å². The molecule has 0 aromatic heterocycles. The van der Waals surface area contributed by atoms with Crippen LogP contribution in [0.15, 0.2) is 43.7 Å². The molecular formula is C14H12Br3NO2. The number of anilines is 1. The fraction of sp³-hybridized carbons (Fsp3) is 0.143. The third-order valence-corrected chi connectivity index (χ3v) is 4.60. The van der Waals surface area contributed by atoms with Crippen molar-refractivity contribution < 1.29 is 9.47 Å². The molecule has 0 saturated heterocycles. The van der Waals surface area contributed by atoms with Gasteiger partial charge in [0.05, 0.1) is 16.1 Å². The number of benzene rings is 2. The fourth-order valence-corrected chi connectivity index (χ4v) is 3.47. The van der Waals surface area contributed by atoms with Crippen molar-refractivity contribution in [2.24, 2.45) is 0 Å². The number of hydrogen-bond acceptors (Lipinski definition) is 3. The predicted molar refractivity (Wildman–Crippen MR) is 91.3 cm³/mol. The van der Waals surface area contributed by atoms with Gasteiger partial charge in [-0.05, 0) is 62.2 Å². The van der Waals surface area contributed by atoms with Gasteiger partial charge >= 0.3 is 0 Å². The maximum Gasteiger partial charge on any atom is 0.148 e. The number of rotatable bonds is 4. The highest BCUT2D eigenvalue weighted by Gasteiger charge is 2.10. The molecule has 0 spiro atoms. The van der Waals surface area contributed by atoms with Gasteiger partial charge < -0.3 is 15.2 Å². The van der Waals surface area contributed by atoms with Crippen LogP contribution in [0.4, 0.5) is 5.69 Å². The lowest BCUT2D eigenvalue weighted by molar-refractivity contribution is 0.300. The van der Waals surface area contributed by atoms with Gasteiger partial charge in [0.2, 0.25) is 0 Å². The van der Waals surface area contributed by atoms with E-state index in [1.165, 1.54) is 0 Å². The van der Waals surface area contributed by atoms with E-state index in [4.69, 9.17) is 15.2 Å². The molecule has 0 radical (unpaired) electrons. The molecule has 2 N–H and O–H groups in total. The minimum absolute atomic E-state index is 0.416. The van der Waals surface area contributed by atoms with Gasteiger partial charge in [0, 0.05) is 15.7 Å². The summed E-state index contributed by atoms with van der Waals surface area (Å²) in [5, 5.41) is 0. The zero-order chi connectivity index (χ0) is 14.7. The number of ether oxygens (including phenoxy) is 2. The van der Waals surface area contributed by atoms with Crippen molar-refractivity contribution in [2.45, 2.75) is 6.61 Å². The van der Waals surface area contributed by atoms with Crippen molar-refractivity contribution in [3.05, 3.63) is 49.3 Å². The second kappa shape index (κ2) is 6.83. The Hall–Kier alpha value is -0.720. The lowest BCUT2D eigenvalue weighted by atomic mass is 10.2. The highest BCUT2D eigenvalue weighted by molar-refractivity contribution is 9.11. The van der Waals surface area contributed by atoms with Crippen molar-refractivity contribution >= 4 is 53.5 Å². The van der Waals surface area contributed by atoms with Crippen LogP contribution in [0.25, 0.3) is 0 Å². The van der Waals surface area contributed by atoms with Gasteiger partial charge in [-0.25, -0.2) is 0 Å². The molecule has 106 valence electrons. The van der Waals surface area contributed by atoms with Crippen LogP contribution in [0, 0.1) is 0 Å². The molecule has 20 heavy (non-hydrogen) atoms. The van der Waals surface area contributed by atoms with Gasteiger partial charge in [-0.3, -0.25) is 0 Å². The highest BCUT2D eigenvalue weighted by atomic mass is 79.9. The Kier molecular flexibility index (Phi) is 5.35. The average Bonchev–Trinajstić information content (AvgIpc) is 2.39. The van der Waals surface area contributed by atoms with E-state index < -0.39 is 0 Å². The quantitative estimate of drug-likeness (QED) is 0.635. The molecule has 0 unspecified atom stereocenters. The van der Waals surface area contributed by atoms with Crippen molar-refractivity contribution in [3.8, 4) is 11.5 Å². The summed E-state index contributed by atoms with van der Waals surface area (Å²) in [7, 11) is 1.64. The molecule has 0 amide bonds. The van der Waals surface area contributed by atoms with Crippen LogP contribution in [0.1, 0.15) is 5.56 Å². The van der Waals surface area contributed by atoms with E-state index >= 15 is 0 Å². The summed E-state index contributed by atoms with van der Waals surface area (Å²) in [5.41, 5.74) is 7.42. The monoisotopic (exact) mass is 463 g/mol. The van der Waals surface area contributed by atoms with Crippen molar-refractivity contribution in [1.82, 2.24) is 0 Å². The molecule has 6 heteroatoms. The Bertz CT molecular complexity index is 609. The first-order valence-electron chi connectivity index (χ1n) is 5.71. The predicted octanol–water partition coefficient (Wildman–Crippen LogP) is 5.14. The summed E-state index contributed by atoms with van der Waals surface area (Å²) in [6.45, 7) is 0.416. The highest BCUT2D eigenvalue weighted by Crippen LogP contribution is 2.36. The molecule has 0 fully saturated rings. The molecule has 0 heterocycles. The van der Waals surface area contributed by atoms with E-state index in [0.29, 0.717) is 18.0 Å². The second-order valence-electron chi connectivity index (χ2n) is 4.06. The second-order valence-corrected chi connectivity index (χ2v) is 6.62. The summed E-state index contributed by atoms with van der Waals surface area (Å²) in [5.74, 6) is 1.51. The normalized spacial score (nSPS) is 10.4. The maximum atomic E-state index is 5.85. The first-order valence-corrected chi connectivity index (χ1v) is 8.09. The van der Waals surface area contributed by atoms with Crippen LogP contribution in [-0.4, -0.2) is 7.11 Å². The molecule has 0 atom stereocenters. The third-order valence-electron chi connectivity index (χ3n) is 2.65. The van der Waals surface area contributed by atoms with E-state index in [9.17, 15) is 0 Å². The molecule has 2 aromatic rings. The van der Waals surface area contributed by atoms with Crippen LogP contribution >= 0.6 is 47.8 Å². The summed E-state index contributed by atoms with van der Waals surface area (Å²) >= 11 is 10.4. The minimum atomic E-state index is 0.416. The van der Waals surface area contributed by atoms with Gasteiger partial charge in [0.15, 0.2) is 0 Å². The van der Waals surface area contributed by atoms with Gasteiger partial charge in [0.25, 0.3) is 0 Å². The molecule has 0 aliphatic rings. The molecular weight excluding hydrogens is 454 g/mol. The summed E-state index contributed by atoms with van der Waals surface area (Å²) in [6, 6.07) is 9.37. The van der Waals surface area contributed by atoms with Gasteiger partial charge in [-0.15, -0.1) is 0 Å². The van der Waals surface area contributed by atoms with E-state index in [-0.39, 0.29) is 0 Å². The maximum absolute atomic E-state index is 5.85. The van der Waals surface area contributed by atoms with Crippen LogP contribution in [-0.2, 0) is 6.61 Å². The van der Waals surface area contributed by atoms with Crippen LogP contribution in [0.5, 0.6) is 11.5 Å². The Labute approximate surface area is 142 Å². The first-order chi connectivity index (χ1) is 9.51. The number of hydrogen-bond donors (Lipinski definition) is 1. The van der Waals surface area contributed by atoms with Crippen molar-refractivity contribution in [2.75, 3.05) is 12.8 Å². The molecule has 0 saturated carbocycles. The number of halogens is 3. The van der Waals surface area contributed by atoms with Crippen LogP contribution in [0.2, 0.25) is 0 Å². The third kappa shape index (κ3) is 3.68. The van der Waals surface area contributed by atoms with E-state index in [0.717, 1.165) is 24.7 Å². The SMILES string of the molecule is COc1ccc(Br)c(COc2c(Br)cc(N)cc2Br)c1. The number of nitrogens with two attached hydrogens (primary N) is 1. The van der Waals surface area contributed by atoms with Crippen LogP contribution < -0.4 is 15.2 Å². The first kappa shape index (κ1) is 15.7. The summed E-state index contributed by atoms with van der Waals surface area (Å²) in [4.78, 5) is 0. The molecule has 0 aliphatic heterocycles. The van der Waals surface area contributed by atoms with E-state index in [2.05, 4.69) is 47.8 Å². The zero-order valence-corrected chi connectivity index (χ0v) is 15.4. The standard InChI is InChI=1S/C14H12Br3NO2/c1-19-10-2-3-11(15)8(4-10)7-20-14-12(16)5-9(18)6-13(14)17/h2-6H,7,18H2,1H3. The number of nitrogen functional groups attached to an aromatic ring is 1. The molecule has 2 rings (SSSR count). The number of methoxy groups -OCH3 is 1. The van der Waals surface area contributed by atoms with Gasteiger partial charge in [-0.2, -0.15) is 0 Å².